The van der Waals surface area contributed by atoms with Crippen LogP contribution in [0.2, 0.25) is 5.02 Å². The van der Waals surface area contributed by atoms with E-state index in [4.69, 9.17) is 33.7 Å². The zero-order chi connectivity index (χ0) is 21.5. The molecule has 0 spiro atoms. The van der Waals surface area contributed by atoms with E-state index < -0.39 is 11.9 Å². The predicted octanol–water partition coefficient (Wildman–Crippen LogP) is 4.74. The van der Waals surface area contributed by atoms with Crippen LogP contribution in [0.4, 0.5) is 5.69 Å². The fraction of sp³-hybridized carbons (Fsp3) is 0.0455. The third-order valence-electron chi connectivity index (χ3n) is 4.03. The molecule has 0 aliphatic heterocycles. The summed E-state index contributed by atoms with van der Waals surface area (Å²) in [4.78, 5) is 23.7. The maximum absolute atomic E-state index is 12.5. The van der Waals surface area contributed by atoms with Gasteiger partial charge in [0.05, 0.1) is 10.6 Å². The van der Waals surface area contributed by atoms with E-state index in [9.17, 15) is 9.59 Å². The first kappa shape index (κ1) is 21.3. The number of amides is 1. The van der Waals surface area contributed by atoms with Gasteiger partial charge in [-0.1, -0.05) is 48.0 Å². The molecule has 3 aromatic rings. The maximum atomic E-state index is 12.5. The topological polar surface area (TPSA) is 87.7 Å². The van der Waals surface area contributed by atoms with E-state index in [1.807, 2.05) is 30.3 Å². The molecule has 3 aromatic carbocycles. The lowest BCUT2D eigenvalue weighted by molar-refractivity contribution is 0.0697. The van der Waals surface area contributed by atoms with Crippen LogP contribution in [-0.4, -0.2) is 22.1 Å². The van der Waals surface area contributed by atoms with Crippen molar-refractivity contribution in [3.63, 3.8) is 0 Å². The average Bonchev–Trinajstić information content (AvgIpc) is 2.74. The Bertz CT molecular complexity index is 1090. The highest BCUT2D eigenvalue weighted by molar-refractivity contribution is 7.80. The van der Waals surface area contributed by atoms with Gasteiger partial charge in [0.2, 0.25) is 0 Å². The second kappa shape index (κ2) is 9.87. The molecule has 0 fully saturated rings. The van der Waals surface area contributed by atoms with E-state index >= 15 is 0 Å². The molecule has 3 N–H and O–H groups in total. The van der Waals surface area contributed by atoms with Crippen LogP contribution in [0.3, 0.4) is 0 Å². The number of nitrogens with one attached hydrogen (secondary N) is 2. The van der Waals surface area contributed by atoms with E-state index in [1.54, 1.807) is 30.3 Å². The number of anilines is 1. The number of aromatic carboxylic acids is 1. The number of carbonyl (C=O) groups is 2. The molecule has 8 heteroatoms. The van der Waals surface area contributed by atoms with Gasteiger partial charge in [0, 0.05) is 11.3 Å². The van der Waals surface area contributed by atoms with E-state index in [0.29, 0.717) is 23.6 Å². The summed E-state index contributed by atoms with van der Waals surface area (Å²) in [5, 5.41) is 14.6. The summed E-state index contributed by atoms with van der Waals surface area (Å²) in [5.74, 6) is -1.04. The standard InChI is InChI=1S/C22H17ClN2O4S/c23-19-10-9-16(12-18(19)21(27)28)24-22(30)25-20(26)15-7-4-8-17(11-15)29-13-14-5-2-1-3-6-14/h1-12H,13H2,(H,27,28)(H2,24,25,26,30). The molecule has 152 valence electrons. The number of carboxylic acids is 1. The summed E-state index contributed by atoms with van der Waals surface area (Å²) in [5.41, 5.74) is 1.70. The van der Waals surface area contributed by atoms with Gasteiger partial charge >= 0.3 is 5.97 Å². The van der Waals surface area contributed by atoms with Gasteiger partial charge in [-0.3, -0.25) is 10.1 Å². The van der Waals surface area contributed by atoms with Crippen LogP contribution in [0.5, 0.6) is 5.75 Å². The summed E-state index contributed by atoms with van der Waals surface area (Å²) in [6, 6.07) is 20.7. The molecule has 3 rings (SSSR count). The van der Waals surface area contributed by atoms with E-state index in [2.05, 4.69) is 10.6 Å². The van der Waals surface area contributed by atoms with Crippen molar-refractivity contribution >= 4 is 46.5 Å². The van der Waals surface area contributed by atoms with E-state index in [1.165, 1.54) is 12.1 Å². The Morgan fingerprint density at radius 2 is 1.77 bits per heavy atom. The van der Waals surface area contributed by atoms with Crippen molar-refractivity contribution in [3.05, 3.63) is 94.5 Å². The fourth-order valence-electron chi connectivity index (χ4n) is 2.57. The number of rotatable bonds is 6. The first-order chi connectivity index (χ1) is 14.4. The van der Waals surface area contributed by atoms with Crippen molar-refractivity contribution in [2.75, 3.05) is 5.32 Å². The molecule has 0 atom stereocenters. The zero-order valence-corrected chi connectivity index (χ0v) is 17.2. The normalized spacial score (nSPS) is 10.2. The first-order valence-electron chi connectivity index (χ1n) is 8.84. The Morgan fingerprint density at radius 3 is 2.50 bits per heavy atom. The molecule has 0 radical (unpaired) electrons. The van der Waals surface area contributed by atoms with Gasteiger partial charge in [-0.2, -0.15) is 0 Å². The Kier molecular flexibility index (Phi) is 7.00. The lowest BCUT2D eigenvalue weighted by atomic mass is 10.2. The average molecular weight is 441 g/mol. The highest BCUT2D eigenvalue weighted by Crippen LogP contribution is 2.21. The number of benzene rings is 3. The SMILES string of the molecule is O=C(NC(=S)Nc1ccc(Cl)c(C(=O)O)c1)c1cccc(OCc2ccccc2)c1. The number of carbonyl (C=O) groups excluding carboxylic acids is 1. The zero-order valence-electron chi connectivity index (χ0n) is 15.6. The van der Waals surface area contributed by atoms with Gasteiger partial charge < -0.3 is 15.2 Å². The Morgan fingerprint density at radius 1 is 1.00 bits per heavy atom. The van der Waals surface area contributed by atoms with Crippen molar-refractivity contribution in [3.8, 4) is 5.75 Å². The van der Waals surface area contributed by atoms with Gasteiger partial charge in [0.25, 0.3) is 5.91 Å². The molecule has 0 saturated carbocycles. The number of halogens is 1. The van der Waals surface area contributed by atoms with Crippen LogP contribution in [-0.2, 0) is 6.61 Å². The number of thiocarbonyl (C=S) groups is 1. The second-order valence-corrected chi connectivity index (χ2v) is 7.03. The fourth-order valence-corrected chi connectivity index (χ4v) is 2.98. The minimum atomic E-state index is -1.16. The smallest absolute Gasteiger partial charge is 0.337 e. The van der Waals surface area contributed by atoms with Crippen LogP contribution in [0.15, 0.2) is 72.8 Å². The summed E-state index contributed by atoms with van der Waals surface area (Å²) in [6.07, 6.45) is 0. The predicted molar refractivity (Wildman–Crippen MR) is 119 cm³/mol. The largest absolute Gasteiger partial charge is 0.489 e. The highest BCUT2D eigenvalue weighted by atomic mass is 35.5. The third kappa shape index (κ3) is 5.79. The van der Waals surface area contributed by atoms with Gasteiger partial charge in [0.1, 0.15) is 12.4 Å². The van der Waals surface area contributed by atoms with Crippen LogP contribution in [0, 0.1) is 0 Å². The molecule has 0 aliphatic carbocycles. The Labute approximate surface area is 183 Å². The van der Waals surface area contributed by atoms with Gasteiger partial charge in [-0.15, -0.1) is 0 Å². The molecule has 30 heavy (non-hydrogen) atoms. The maximum Gasteiger partial charge on any atom is 0.337 e. The van der Waals surface area contributed by atoms with Crippen LogP contribution in [0.1, 0.15) is 26.3 Å². The molecule has 6 nitrogen and oxygen atoms in total. The monoisotopic (exact) mass is 440 g/mol. The minimum absolute atomic E-state index is 0.0225. The molecule has 0 unspecified atom stereocenters. The summed E-state index contributed by atoms with van der Waals surface area (Å²) in [6.45, 7) is 0.383. The van der Waals surface area contributed by atoms with E-state index in [-0.39, 0.29) is 15.7 Å². The van der Waals surface area contributed by atoms with Crippen molar-refractivity contribution in [2.45, 2.75) is 6.61 Å². The lowest BCUT2D eigenvalue weighted by Gasteiger charge is -2.12. The molecule has 0 aromatic heterocycles. The minimum Gasteiger partial charge on any atom is -0.489 e. The molecule has 1 amide bonds. The molecule has 0 bridgehead atoms. The summed E-state index contributed by atoms with van der Waals surface area (Å²) >= 11 is 11.0. The van der Waals surface area contributed by atoms with Crippen molar-refractivity contribution in [2.24, 2.45) is 0 Å². The van der Waals surface area contributed by atoms with Crippen molar-refractivity contribution in [1.82, 2.24) is 5.32 Å². The molecule has 0 heterocycles. The van der Waals surface area contributed by atoms with Crippen molar-refractivity contribution in [1.29, 1.82) is 0 Å². The number of carboxylic acid groups (broad SMARTS) is 1. The molecular formula is C22H17ClN2O4S. The number of hydrogen-bond acceptors (Lipinski definition) is 4. The van der Waals surface area contributed by atoms with Crippen molar-refractivity contribution < 1.29 is 19.4 Å². The quantitative estimate of drug-likeness (QED) is 0.480. The van der Waals surface area contributed by atoms with Crippen LogP contribution in [0.25, 0.3) is 0 Å². The molecular weight excluding hydrogens is 424 g/mol. The lowest BCUT2D eigenvalue weighted by Crippen LogP contribution is -2.34. The first-order valence-corrected chi connectivity index (χ1v) is 9.63. The second-order valence-electron chi connectivity index (χ2n) is 6.21. The Hall–Kier alpha value is -3.42. The number of hydrogen-bond donors (Lipinski definition) is 3. The Balaban J connectivity index is 1.61. The van der Waals surface area contributed by atoms with Gasteiger partial charge in [0.15, 0.2) is 5.11 Å². The van der Waals surface area contributed by atoms with E-state index in [0.717, 1.165) is 5.56 Å². The summed E-state index contributed by atoms with van der Waals surface area (Å²) < 4.78 is 5.73. The highest BCUT2D eigenvalue weighted by Gasteiger charge is 2.12. The summed E-state index contributed by atoms with van der Waals surface area (Å²) in [7, 11) is 0. The van der Waals surface area contributed by atoms with Crippen LogP contribution >= 0.6 is 23.8 Å². The van der Waals surface area contributed by atoms with Gasteiger partial charge in [-0.05, 0) is 54.2 Å². The molecule has 0 saturated heterocycles. The molecule has 0 aliphatic rings. The van der Waals surface area contributed by atoms with Gasteiger partial charge in [-0.25, -0.2) is 4.79 Å². The third-order valence-corrected chi connectivity index (χ3v) is 4.56. The van der Waals surface area contributed by atoms with Crippen LogP contribution < -0.4 is 15.4 Å². The number of ether oxygens (including phenoxy) is 1.